The van der Waals surface area contributed by atoms with Gasteiger partial charge in [0.15, 0.2) is 11.5 Å². The number of para-hydroxylation sites is 4. The zero-order valence-corrected chi connectivity index (χ0v) is 54.0. The third-order valence-corrected chi connectivity index (χ3v) is 21.6. The van der Waals surface area contributed by atoms with Crippen molar-refractivity contribution < 1.29 is 15.7 Å². The summed E-state index contributed by atoms with van der Waals surface area (Å²) >= 11 is 0. The zero-order valence-electron chi connectivity index (χ0n) is 62.0. The first kappa shape index (κ1) is 48.1. The number of anilines is 15. The summed E-state index contributed by atoms with van der Waals surface area (Å²) in [5, 5.41) is 0. The van der Waals surface area contributed by atoms with E-state index in [0.29, 0.717) is 34.2 Å². The number of benzene rings is 15. The number of aryl methyl sites for hydroxylation is 1. The van der Waals surface area contributed by atoms with Crippen LogP contribution < -0.4 is 78.4 Å². The predicted octanol–water partition coefficient (Wildman–Crippen LogP) is 17.5. The van der Waals surface area contributed by atoms with Crippen molar-refractivity contribution in [2.45, 2.75) is 6.92 Å². The molecule has 0 radical (unpaired) electrons. The highest BCUT2D eigenvalue weighted by Gasteiger charge is 2.56. The standard InChI is InChI=1S/C91H58B3N5O/c1-57-46-80-86-81(47-57)97(68-38-22-8-23-39-68)78-55-79-73(54-72(78)92(86)70-48-62(58-26-10-2-11-27-58)42-44-76(70)95(80)66-34-18-6-19-35-66)94-75-51-65(61-32-16-5-17-33-61)53-85-90(75)99-89-74(50-64(52-84(89)100-85)60-30-14-4-15-31-60)93-71-49-63(59-28-12-3-13-29-59)43-45-77(71)96(67-36-20-7-21-37-67)82-56-83(88(94)91(99)87(82)93)98(79)69-40-24-9-25-41-69/h2-56H,1H3/i18D,19D,20D,21D,22D,23D,24D,25D. The predicted molar refractivity (Wildman–Crippen MR) is 420 cm³/mol. The molecule has 0 amide bonds. The first-order chi connectivity index (χ1) is 52.7. The van der Waals surface area contributed by atoms with E-state index in [4.69, 9.17) is 7.48 Å². The third-order valence-electron chi connectivity index (χ3n) is 21.6. The minimum Gasteiger partial charge on any atom is -0.453 e. The van der Waals surface area contributed by atoms with Crippen LogP contribution in [-0.2, 0) is 0 Å². The maximum atomic E-state index is 9.63. The van der Waals surface area contributed by atoms with Gasteiger partial charge < -0.3 is 29.2 Å². The zero-order chi connectivity index (χ0) is 72.4. The Morgan fingerprint density at radius 2 is 0.560 bits per heavy atom. The van der Waals surface area contributed by atoms with Gasteiger partial charge in [0.25, 0.3) is 20.1 Å². The quantitative estimate of drug-likeness (QED) is 0.141. The summed E-state index contributed by atoms with van der Waals surface area (Å²) < 4.78 is 83.0. The highest BCUT2D eigenvalue weighted by molar-refractivity contribution is 7.06. The molecule has 0 saturated heterocycles. The molecule has 7 heterocycles. The molecule has 7 aliphatic rings. The van der Waals surface area contributed by atoms with Crippen LogP contribution in [0.25, 0.3) is 44.5 Å². The van der Waals surface area contributed by atoms with E-state index in [1.807, 2.05) is 72.8 Å². The molecule has 15 aromatic carbocycles. The SMILES string of the molecule is [2H]c1cc([2H])cc(N2c3ccc(-c4ccccc4)cc3B3c4cc5c(cc4N(c4cc([2H])cc([2H])c4)c4cc(C)cc2c43)N(c2cc([2H])cc([2H])c2)c2cc3c4c6c2B5c2cc(-c5ccccc5)cc5c2N6c2c(cc(-c6ccccc6)cc2B4c2cc(-c4ccccc4)ccc2N3c2cc([2H])cc([2H])c2)O5)c1. The van der Waals surface area contributed by atoms with Gasteiger partial charge in [0.2, 0.25) is 0 Å². The molecule has 7 aliphatic heterocycles. The second-order valence-corrected chi connectivity index (χ2v) is 27.0. The van der Waals surface area contributed by atoms with Gasteiger partial charge in [-0.3, -0.25) is 0 Å². The van der Waals surface area contributed by atoms with Crippen LogP contribution in [0.15, 0.2) is 333 Å². The molecule has 100 heavy (non-hydrogen) atoms. The van der Waals surface area contributed by atoms with E-state index in [0.717, 1.165) is 162 Å². The highest BCUT2D eigenvalue weighted by atomic mass is 16.5. The molecule has 0 unspecified atom stereocenters. The largest absolute Gasteiger partial charge is 0.453 e. The maximum Gasteiger partial charge on any atom is 0.252 e. The topological polar surface area (TPSA) is 25.4 Å². The minimum atomic E-state index is -0.563. The number of nitrogens with zero attached hydrogens (tertiary/aromatic N) is 5. The van der Waals surface area contributed by atoms with Gasteiger partial charge in [0.1, 0.15) is 0 Å². The second kappa shape index (κ2) is 21.1. The molecule has 22 rings (SSSR count). The summed E-state index contributed by atoms with van der Waals surface area (Å²) in [5.41, 5.74) is 30.2. The molecule has 6 nitrogen and oxygen atoms in total. The molecular formula is C91H58B3N5O. The van der Waals surface area contributed by atoms with Gasteiger partial charge in [-0.2, -0.15) is 0 Å². The molecule has 9 heteroatoms. The van der Waals surface area contributed by atoms with E-state index in [1.165, 1.54) is 0 Å². The fourth-order valence-corrected chi connectivity index (χ4v) is 17.7. The Hall–Kier alpha value is -12.7. The Labute approximate surface area is 593 Å². The van der Waals surface area contributed by atoms with Crippen molar-refractivity contribution in [2.24, 2.45) is 0 Å². The van der Waals surface area contributed by atoms with Crippen molar-refractivity contribution in [2.75, 3.05) is 24.5 Å². The van der Waals surface area contributed by atoms with Crippen LogP contribution in [0.3, 0.4) is 0 Å². The van der Waals surface area contributed by atoms with Crippen LogP contribution in [0.5, 0.6) is 11.5 Å². The Bertz CT molecular complexity index is 6410. The summed E-state index contributed by atoms with van der Waals surface area (Å²) in [5.74, 6) is 1.39. The summed E-state index contributed by atoms with van der Waals surface area (Å²) in [6, 6.07) is 98.6. The molecule has 0 bridgehead atoms. The Morgan fingerprint density at radius 1 is 0.240 bits per heavy atom. The smallest absolute Gasteiger partial charge is 0.252 e. The Morgan fingerprint density at radius 3 is 0.950 bits per heavy atom. The van der Waals surface area contributed by atoms with Crippen molar-refractivity contribution in [3.63, 3.8) is 0 Å². The molecule has 0 N–H and O–H groups in total. The monoisotopic (exact) mass is 1280 g/mol. The number of fused-ring (bicyclic) bond motifs is 10. The van der Waals surface area contributed by atoms with Gasteiger partial charge in [-0.15, -0.1) is 0 Å². The number of ether oxygens (including phenoxy) is 1. The minimum absolute atomic E-state index is 0.162. The first-order valence-electron chi connectivity index (χ1n) is 38.1. The lowest BCUT2D eigenvalue weighted by Gasteiger charge is -2.53. The summed E-state index contributed by atoms with van der Waals surface area (Å²) in [6.07, 6.45) is 0. The molecule has 0 fully saturated rings. The van der Waals surface area contributed by atoms with Gasteiger partial charge in [-0.25, -0.2) is 0 Å². The average molecular weight is 1280 g/mol. The molecule has 0 saturated carbocycles. The average Bonchev–Trinajstić information content (AvgIpc) is 0.657. The van der Waals surface area contributed by atoms with Crippen LogP contribution in [0, 0.1) is 6.92 Å². The molecular weight excluding hydrogens is 1210 g/mol. The lowest BCUT2D eigenvalue weighted by molar-refractivity contribution is 0.478. The number of hydrogen-bond acceptors (Lipinski definition) is 6. The van der Waals surface area contributed by atoms with Crippen LogP contribution in [0.1, 0.15) is 16.5 Å². The lowest BCUT2D eigenvalue weighted by Crippen LogP contribution is -2.69. The van der Waals surface area contributed by atoms with Crippen molar-refractivity contribution in [3.8, 4) is 56.0 Å². The van der Waals surface area contributed by atoms with Crippen LogP contribution in [-0.4, -0.2) is 20.1 Å². The fourth-order valence-electron chi connectivity index (χ4n) is 17.7. The van der Waals surface area contributed by atoms with E-state index in [9.17, 15) is 8.22 Å². The summed E-state index contributed by atoms with van der Waals surface area (Å²) in [7, 11) is 0. The molecule has 462 valence electrons. The molecule has 0 aliphatic carbocycles. The number of hydrogen-bond donors (Lipinski definition) is 0. The molecule has 0 aromatic heterocycles. The van der Waals surface area contributed by atoms with Gasteiger partial charge in [-0.1, -0.05) is 236 Å². The van der Waals surface area contributed by atoms with Crippen LogP contribution >= 0.6 is 0 Å². The van der Waals surface area contributed by atoms with Gasteiger partial charge in [-0.05, 0) is 203 Å². The highest BCUT2D eigenvalue weighted by Crippen LogP contribution is 2.58. The number of rotatable bonds is 8. The Balaban J connectivity index is 0.912. The van der Waals surface area contributed by atoms with Gasteiger partial charge >= 0.3 is 0 Å². The third kappa shape index (κ3) is 7.88. The van der Waals surface area contributed by atoms with Crippen LogP contribution in [0.4, 0.5) is 85.3 Å². The van der Waals surface area contributed by atoms with E-state index in [2.05, 4.69) is 219 Å². The maximum absolute atomic E-state index is 9.63. The fraction of sp³-hybridized carbons (Fsp3) is 0.0110. The van der Waals surface area contributed by atoms with Gasteiger partial charge in [0, 0.05) is 73.9 Å². The van der Waals surface area contributed by atoms with Crippen molar-refractivity contribution in [3.05, 3.63) is 339 Å². The van der Waals surface area contributed by atoms with Crippen molar-refractivity contribution in [1.29, 1.82) is 0 Å². The molecule has 15 aromatic rings. The van der Waals surface area contributed by atoms with Crippen molar-refractivity contribution in [1.82, 2.24) is 0 Å². The second-order valence-electron chi connectivity index (χ2n) is 27.0. The summed E-state index contributed by atoms with van der Waals surface area (Å²) in [4.78, 5) is 11.5. The van der Waals surface area contributed by atoms with E-state index in [-0.39, 0.29) is 48.3 Å². The van der Waals surface area contributed by atoms with E-state index in [1.54, 1.807) is 24.3 Å². The Kier molecular flexibility index (Phi) is 10.2. The van der Waals surface area contributed by atoms with E-state index < -0.39 is 20.1 Å². The van der Waals surface area contributed by atoms with Crippen molar-refractivity contribution >= 4 is 155 Å². The van der Waals surface area contributed by atoms with Crippen LogP contribution in [0.2, 0.25) is 0 Å². The summed E-state index contributed by atoms with van der Waals surface area (Å²) in [6.45, 7) is 0.609. The molecule has 0 spiro atoms. The van der Waals surface area contributed by atoms with Gasteiger partial charge in [0.05, 0.1) is 22.3 Å². The van der Waals surface area contributed by atoms with E-state index >= 15 is 0 Å². The normalized spacial score (nSPS) is 14.9. The lowest BCUT2D eigenvalue weighted by atomic mass is 9.27. The first-order valence-corrected chi connectivity index (χ1v) is 34.1. The molecule has 0 atom stereocenters.